The van der Waals surface area contributed by atoms with Crippen molar-refractivity contribution in [2.24, 2.45) is 5.73 Å². The summed E-state index contributed by atoms with van der Waals surface area (Å²) in [6.45, 7) is 6.69. The predicted molar refractivity (Wildman–Crippen MR) is 125 cm³/mol. The number of anilines is 1. The van der Waals surface area contributed by atoms with Gasteiger partial charge in [0, 0.05) is 69.0 Å². The Balaban J connectivity index is 1.41. The molecule has 33 heavy (non-hydrogen) atoms. The normalized spacial score (nSPS) is 16.3. The molecule has 0 saturated carbocycles. The molecule has 1 aromatic carbocycles. The number of aliphatic hydroxyl groups is 2. The number of nitrogens with two attached hydrogens (primary N) is 1. The number of aromatic nitrogens is 3. The Kier molecular flexibility index (Phi) is 7.42. The topological polar surface area (TPSA) is 117 Å². The van der Waals surface area contributed by atoms with Crippen molar-refractivity contribution in [2.75, 3.05) is 50.8 Å². The van der Waals surface area contributed by atoms with Gasteiger partial charge in [0.2, 0.25) is 5.76 Å². The number of β-amino-alcohol motifs (C(OH)–C–C–N with tert-alkyl or cyclic N) is 1. The number of piperazine rings is 1. The van der Waals surface area contributed by atoms with Gasteiger partial charge < -0.3 is 29.9 Å². The lowest BCUT2D eigenvalue weighted by Crippen LogP contribution is -2.47. The third-order valence-electron chi connectivity index (χ3n) is 5.85. The SMILES string of the molecule is C[C@H](O)c1nccn1C(CN)c1cc(C#Cc2ccc(N3CCN(CCO)CC3)cc2)on1. The third kappa shape index (κ3) is 5.43. The summed E-state index contributed by atoms with van der Waals surface area (Å²) < 4.78 is 7.22. The summed E-state index contributed by atoms with van der Waals surface area (Å²) in [4.78, 5) is 8.82. The van der Waals surface area contributed by atoms with Crippen molar-refractivity contribution in [3.05, 3.63) is 65.6 Å². The molecule has 0 aliphatic carbocycles. The molecule has 4 rings (SSSR count). The number of rotatable bonds is 7. The first-order valence-electron chi connectivity index (χ1n) is 11.2. The Morgan fingerprint density at radius 3 is 2.58 bits per heavy atom. The average molecular weight is 451 g/mol. The minimum absolute atomic E-state index is 0.208. The molecule has 4 N–H and O–H groups in total. The van der Waals surface area contributed by atoms with Crippen LogP contribution in [0.15, 0.2) is 47.2 Å². The molecule has 1 aliphatic rings. The number of imidazole rings is 1. The van der Waals surface area contributed by atoms with Gasteiger partial charge in [0.15, 0.2) is 0 Å². The van der Waals surface area contributed by atoms with Crippen molar-refractivity contribution < 1.29 is 14.7 Å². The lowest BCUT2D eigenvalue weighted by atomic mass is 10.1. The van der Waals surface area contributed by atoms with Gasteiger partial charge in [0.1, 0.15) is 17.6 Å². The number of benzene rings is 1. The summed E-state index contributed by atoms with van der Waals surface area (Å²) in [6, 6.07) is 9.65. The van der Waals surface area contributed by atoms with Gasteiger partial charge in [-0.3, -0.25) is 4.90 Å². The Morgan fingerprint density at radius 1 is 1.15 bits per heavy atom. The first-order chi connectivity index (χ1) is 16.1. The Hall–Kier alpha value is -3.16. The molecule has 0 spiro atoms. The van der Waals surface area contributed by atoms with Gasteiger partial charge in [-0.15, -0.1) is 0 Å². The highest BCUT2D eigenvalue weighted by Crippen LogP contribution is 2.22. The maximum absolute atomic E-state index is 9.93. The Morgan fingerprint density at radius 2 is 1.91 bits per heavy atom. The van der Waals surface area contributed by atoms with Crippen LogP contribution >= 0.6 is 0 Å². The smallest absolute Gasteiger partial charge is 0.210 e. The Bertz CT molecular complexity index is 1090. The molecule has 2 aromatic heterocycles. The van der Waals surface area contributed by atoms with Crippen LogP contribution in [0.2, 0.25) is 0 Å². The van der Waals surface area contributed by atoms with Gasteiger partial charge >= 0.3 is 0 Å². The van der Waals surface area contributed by atoms with Crippen LogP contribution < -0.4 is 10.6 Å². The van der Waals surface area contributed by atoms with Crippen LogP contribution in [0.4, 0.5) is 5.69 Å². The van der Waals surface area contributed by atoms with E-state index in [9.17, 15) is 5.11 Å². The molecule has 2 atom stereocenters. The van der Waals surface area contributed by atoms with Crippen LogP contribution in [0.1, 0.15) is 41.9 Å². The van der Waals surface area contributed by atoms with Crippen LogP contribution in [-0.2, 0) is 0 Å². The molecule has 0 bridgehead atoms. The van der Waals surface area contributed by atoms with E-state index in [1.807, 2.05) is 16.7 Å². The molecule has 174 valence electrons. The second kappa shape index (κ2) is 10.6. The first-order valence-corrected chi connectivity index (χ1v) is 11.2. The van der Waals surface area contributed by atoms with E-state index >= 15 is 0 Å². The van der Waals surface area contributed by atoms with Crippen molar-refractivity contribution in [3.8, 4) is 11.8 Å². The molecular weight excluding hydrogens is 420 g/mol. The summed E-state index contributed by atoms with van der Waals surface area (Å²) in [5, 5.41) is 23.2. The third-order valence-corrected chi connectivity index (χ3v) is 5.85. The molecule has 1 saturated heterocycles. The van der Waals surface area contributed by atoms with Gasteiger partial charge in [0.25, 0.3) is 0 Å². The second-order valence-corrected chi connectivity index (χ2v) is 8.09. The summed E-state index contributed by atoms with van der Waals surface area (Å²) >= 11 is 0. The van der Waals surface area contributed by atoms with Crippen molar-refractivity contribution in [2.45, 2.75) is 19.1 Å². The van der Waals surface area contributed by atoms with Gasteiger partial charge in [-0.2, -0.15) is 0 Å². The summed E-state index contributed by atoms with van der Waals surface area (Å²) in [6.07, 6.45) is 2.69. The number of hydrogen-bond donors (Lipinski definition) is 3. The van der Waals surface area contributed by atoms with Crippen LogP contribution in [0.5, 0.6) is 0 Å². The number of nitrogens with zero attached hydrogens (tertiary/aromatic N) is 5. The molecule has 1 aliphatic heterocycles. The molecule has 3 heterocycles. The summed E-state index contributed by atoms with van der Waals surface area (Å²) in [5.41, 5.74) is 8.67. The van der Waals surface area contributed by atoms with E-state index in [4.69, 9.17) is 15.4 Å². The fourth-order valence-electron chi connectivity index (χ4n) is 4.05. The van der Waals surface area contributed by atoms with E-state index < -0.39 is 6.10 Å². The number of hydrogen-bond acceptors (Lipinski definition) is 8. The zero-order valence-corrected chi connectivity index (χ0v) is 18.8. The first kappa shape index (κ1) is 23.0. The largest absolute Gasteiger partial charge is 0.395 e. The van der Waals surface area contributed by atoms with Crippen LogP contribution in [0.3, 0.4) is 0 Å². The van der Waals surface area contributed by atoms with E-state index in [1.165, 1.54) is 5.69 Å². The molecule has 3 aromatic rings. The maximum Gasteiger partial charge on any atom is 0.210 e. The van der Waals surface area contributed by atoms with Gasteiger partial charge in [-0.05, 0) is 37.1 Å². The fraction of sp³-hybridized carbons (Fsp3) is 0.417. The predicted octanol–water partition coefficient (Wildman–Crippen LogP) is 0.987. The standard InChI is InChI=1S/C24H30N6O3/c1-18(32)24-26-8-9-30(24)23(17-25)22-16-21(33-27-22)7-4-19-2-5-20(6-3-19)29-12-10-28(11-13-29)14-15-31/h2-3,5-6,8-9,16,18,23,31-32H,10-15,17,25H2,1H3/t18-,23?/m0/s1. The average Bonchev–Trinajstić information content (AvgIpc) is 3.50. The summed E-state index contributed by atoms with van der Waals surface area (Å²) in [5.74, 6) is 7.12. The zero-order valence-electron chi connectivity index (χ0n) is 18.8. The Labute approximate surface area is 193 Å². The van der Waals surface area contributed by atoms with Crippen molar-refractivity contribution in [1.82, 2.24) is 19.6 Å². The summed E-state index contributed by atoms with van der Waals surface area (Å²) in [7, 11) is 0. The minimum atomic E-state index is -0.715. The van der Waals surface area contributed by atoms with Gasteiger partial charge in [0.05, 0.1) is 12.6 Å². The molecular formula is C24H30N6O3. The van der Waals surface area contributed by atoms with Crippen LogP contribution in [0.25, 0.3) is 0 Å². The molecule has 9 nitrogen and oxygen atoms in total. The van der Waals surface area contributed by atoms with Crippen molar-refractivity contribution in [3.63, 3.8) is 0 Å². The molecule has 0 radical (unpaired) electrons. The van der Waals surface area contributed by atoms with Crippen LogP contribution in [0, 0.1) is 11.8 Å². The van der Waals surface area contributed by atoms with E-state index in [-0.39, 0.29) is 19.2 Å². The highest BCUT2D eigenvalue weighted by atomic mass is 16.5. The minimum Gasteiger partial charge on any atom is -0.395 e. The second-order valence-electron chi connectivity index (χ2n) is 8.09. The van der Waals surface area contributed by atoms with E-state index in [0.29, 0.717) is 17.3 Å². The highest BCUT2D eigenvalue weighted by Gasteiger charge is 2.21. The lowest BCUT2D eigenvalue weighted by Gasteiger charge is -2.35. The molecule has 9 heteroatoms. The van der Waals surface area contributed by atoms with E-state index in [1.54, 1.807) is 25.4 Å². The van der Waals surface area contributed by atoms with Crippen molar-refractivity contribution in [1.29, 1.82) is 0 Å². The number of aliphatic hydroxyl groups excluding tert-OH is 2. The monoisotopic (exact) mass is 450 g/mol. The molecule has 1 unspecified atom stereocenters. The van der Waals surface area contributed by atoms with Gasteiger partial charge in [-0.1, -0.05) is 11.1 Å². The van der Waals surface area contributed by atoms with Crippen LogP contribution in [-0.4, -0.2) is 75.7 Å². The fourth-order valence-corrected chi connectivity index (χ4v) is 4.05. The maximum atomic E-state index is 9.93. The van der Waals surface area contributed by atoms with E-state index in [0.717, 1.165) is 38.3 Å². The van der Waals surface area contributed by atoms with Gasteiger partial charge in [-0.25, -0.2) is 4.98 Å². The molecule has 1 fully saturated rings. The lowest BCUT2D eigenvalue weighted by molar-refractivity contribution is 0.182. The van der Waals surface area contributed by atoms with Crippen molar-refractivity contribution >= 4 is 5.69 Å². The van der Waals surface area contributed by atoms with E-state index in [2.05, 4.69) is 43.9 Å². The quantitative estimate of drug-likeness (QED) is 0.456. The zero-order chi connectivity index (χ0) is 23.2. The molecule has 0 amide bonds. The highest BCUT2D eigenvalue weighted by molar-refractivity contribution is 5.51.